The molecule has 13 aromatic carbocycles. The van der Waals surface area contributed by atoms with Gasteiger partial charge >= 0.3 is 0 Å². The highest BCUT2D eigenvalue weighted by molar-refractivity contribution is 6.92. The van der Waals surface area contributed by atoms with Gasteiger partial charge in [-0.1, -0.05) is 212 Å². The van der Waals surface area contributed by atoms with Crippen LogP contribution in [-0.4, -0.2) is 2.56 Å². The molecule has 0 heterocycles. The summed E-state index contributed by atoms with van der Waals surface area (Å²) in [6, 6.07) is 105. The predicted octanol–water partition coefficient (Wildman–Crippen LogP) is 20.6. The van der Waals surface area contributed by atoms with Crippen LogP contribution in [0.2, 0.25) is 0 Å². The van der Waals surface area contributed by atoms with E-state index in [1.165, 1.54) is 87.6 Å². The largest absolute Gasteiger partial charge is 0.310 e. The average Bonchev–Trinajstić information content (AvgIpc) is 3.50. The number of hydrogen-bond donors (Lipinski definition) is 0. The van der Waals surface area contributed by atoms with Crippen molar-refractivity contribution in [3.05, 3.63) is 302 Å². The van der Waals surface area contributed by atoms with Gasteiger partial charge in [0.25, 0.3) is 0 Å². The fraction of sp³-hybridized carbons (Fsp3) is 0.0278. The molecular formula is C72H57N2P. The van der Waals surface area contributed by atoms with Gasteiger partial charge in [0.2, 0.25) is 0 Å². The molecule has 0 amide bonds. The quantitative estimate of drug-likeness (QED) is 0.105. The smallest absolute Gasteiger partial charge is 0.0511 e. The van der Waals surface area contributed by atoms with E-state index in [0.717, 1.165) is 34.1 Å². The van der Waals surface area contributed by atoms with Gasteiger partial charge in [-0.25, -0.2) is 0 Å². The lowest BCUT2D eigenvalue weighted by Crippen LogP contribution is -2.10. The van der Waals surface area contributed by atoms with Gasteiger partial charge in [0.15, 0.2) is 0 Å². The second-order valence-corrected chi connectivity index (χ2v) is 19.0. The first-order valence-electron chi connectivity index (χ1n) is 26.5. The molecule has 0 N–H and O–H groups in total. The van der Waals surface area contributed by atoms with E-state index in [-0.39, 0.29) is 0 Å². The van der Waals surface area contributed by atoms with Crippen molar-refractivity contribution in [2.45, 2.75) is 13.8 Å². The van der Waals surface area contributed by atoms with E-state index in [9.17, 15) is 0 Å². The number of hydrogen-bond acceptors (Lipinski definition) is 2. The van der Waals surface area contributed by atoms with Gasteiger partial charge in [0.1, 0.15) is 0 Å². The number of nitrogens with zero attached hydrogens (tertiary/aromatic N) is 2. The topological polar surface area (TPSA) is 6.48 Å². The lowest BCUT2D eigenvalue weighted by Gasteiger charge is -2.26. The van der Waals surface area contributed by atoms with Crippen LogP contribution < -0.4 is 9.80 Å². The molecule has 75 heavy (non-hydrogen) atoms. The number of anilines is 6. The lowest BCUT2D eigenvalue weighted by molar-refractivity contribution is 1.27. The number of fused-ring (bicyclic) bond motifs is 4. The summed E-state index contributed by atoms with van der Waals surface area (Å²) in [6.45, 7) is 4.27. The van der Waals surface area contributed by atoms with Crippen LogP contribution in [0, 0.1) is 13.8 Å². The average molecular weight is 984 g/mol. The van der Waals surface area contributed by atoms with Crippen LogP contribution >= 0.6 is 9.79 Å². The Balaban J connectivity index is 0.000000158. The Kier molecular flexibility index (Phi) is 13.2. The van der Waals surface area contributed by atoms with Gasteiger partial charge in [-0.2, -0.15) is 9.79 Å². The zero-order valence-electron chi connectivity index (χ0n) is 44.1. The van der Waals surface area contributed by atoms with Crippen molar-refractivity contribution in [3.8, 4) is 33.4 Å². The Hall–Kier alpha value is -9.07. The molecule has 3 heteroatoms. The third kappa shape index (κ3) is 9.81. The Labute approximate surface area is 446 Å². The highest BCUT2D eigenvalue weighted by Gasteiger charge is 2.19. The van der Waals surface area contributed by atoms with Crippen molar-refractivity contribution >= 4 is 87.0 Å². The molecule has 13 aromatic rings. The van der Waals surface area contributed by atoms with E-state index >= 15 is 0 Å². The SMILES string of the molecule is Cc1cccc(N(c2ccccc2)c2ccc(-c3ccc(N(c4ccccc4)c4cccc(C)c4)cc3)cc2)c1.[2H]P[3H].c1ccc2cc(-c3c4ccccc4c(-c4cccc5ccccc45)c4ccccc34)ccc2c1. The lowest BCUT2D eigenvalue weighted by atomic mass is 9.84. The molecule has 0 aromatic heterocycles. The van der Waals surface area contributed by atoms with Gasteiger partial charge in [-0.15, -0.1) is 0 Å². The maximum absolute atomic E-state index is 5.90. The number of benzene rings is 13. The highest BCUT2D eigenvalue weighted by atomic mass is 31.0. The molecule has 0 bridgehead atoms. The number of aryl methyl sites for hydroxylation is 2. The maximum Gasteiger partial charge on any atom is 0.0511 e. The summed E-state index contributed by atoms with van der Waals surface area (Å²) >= 11 is 0. The summed E-state index contributed by atoms with van der Waals surface area (Å²) in [5.74, 6) is 0. The molecule has 13 rings (SSSR count). The van der Waals surface area contributed by atoms with Crippen LogP contribution in [0.25, 0.3) is 76.5 Å². The van der Waals surface area contributed by atoms with Gasteiger partial charge in [-0.3, -0.25) is 0 Å². The summed E-state index contributed by atoms with van der Waals surface area (Å²) in [6.07, 6.45) is 0. The second kappa shape index (κ2) is 21.6. The summed E-state index contributed by atoms with van der Waals surface area (Å²) in [7, 11) is -0.417. The van der Waals surface area contributed by atoms with Crippen molar-refractivity contribution in [2.24, 2.45) is 0 Å². The monoisotopic (exact) mass is 983 g/mol. The van der Waals surface area contributed by atoms with Crippen LogP contribution in [0.1, 0.15) is 11.1 Å². The fourth-order valence-corrected chi connectivity index (χ4v) is 10.7. The van der Waals surface area contributed by atoms with Gasteiger partial charge in [0, 0.05) is 34.1 Å². The van der Waals surface area contributed by atoms with Crippen molar-refractivity contribution in [1.29, 1.82) is 2.56 Å². The van der Waals surface area contributed by atoms with Crippen molar-refractivity contribution < 1.29 is 0 Å². The van der Waals surface area contributed by atoms with Gasteiger partial charge in [0.05, 0.1) is 2.56 Å². The minimum Gasteiger partial charge on any atom is -0.310 e. The molecule has 0 saturated carbocycles. The van der Waals surface area contributed by atoms with Crippen LogP contribution in [0.5, 0.6) is 0 Å². The Bertz CT molecular complexity index is 3930. The molecule has 2 nitrogen and oxygen atoms in total. The standard InChI is InChI=1S/C38H32N2.C34H22.H3P/c1-29-11-9-17-37(27-29)39(33-13-5-3-6-14-33)35-23-19-31(20-24-35)32-21-25-36(26-22-32)40(34-15-7-4-8-16-34)38-18-10-12-30(2)28-38;1-2-12-25-22-26(21-20-23(25)10-1)33-29-15-5-7-17-31(29)34(32-18-8-6-16-30(32)33)28-19-9-13-24-11-3-4-14-27(24)28;/h3-28H,1-2H3;1-22H;1H3/i;;1TD. The summed E-state index contributed by atoms with van der Waals surface area (Å²) < 4.78 is 11.8. The molecule has 360 valence electrons. The summed E-state index contributed by atoms with van der Waals surface area (Å²) in [5.41, 5.74) is 16.9. The normalized spacial score (nSPS) is 11.4. The number of rotatable bonds is 9. The first-order valence-corrected chi connectivity index (χ1v) is 25.5. The molecule has 0 aliphatic heterocycles. The zero-order chi connectivity index (χ0) is 52.5. The second-order valence-electron chi connectivity index (χ2n) is 19.0. The Morgan fingerprint density at radius 3 is 1.15 bits per heavy atom. The van der Waals surface area contributed by atoms with E-state index < -0.39 is 9.79 Å². The van der Waals surface area contributed by atoms with E-state index in [0.29, 0.717) is 0 Å². The van der Waals surface area contributed by atoms with Crippen molar-refractivity contribution in [2.75, 3.05) is 9.80 Å². The van der Waals surface area contributed by atoms with Crippen molar-refractivity contribution in [1.82, 2.24) is 0 Å². The minimum atomic E-state index is -0.417. The summed E-state index contributed by atoms with van der Waals surface area (Å²) in [4.78, 5) is 4.61. The molecule has 0 spiro atoms. The Morgan fingerprint density at radius 2 is 0.653 bits per heavy atom. The van der Waals surface area contributed by atoms with Crippen LogP contribution in [0.4, 0.5) is 34.1 Å². The van der Waals surface area contributed by atoms with Crippen LogP contribution in [0.15, 0.2) is 291 Å². The first kappa shape index (κ1) is 45.8. The van der Waals surface area contributed by atoms with E-state index in [1.54, 1.807) is 0 Å². The fourth-order valence-electron chi connectivity index (χ4n) is 10.7. The molecule has 0 aliphatic carbocycles. The Morgan fingerprint density at radius 1 is 0.293 bits per heavy atom. The molecule has 1 unspecified atom stereocenters. The zero-order valence-corrected chi connectivity index (χ0v) is 43.1. The molecular weight excluding hydrogens is 924 g/mol. The summed E-state index contributed by atoms with van der Waals surface area (Å²) in [5, 5.41) is 10.3. The first-order chi connectivity index (χ1) is 37.9. The van der Waals surface area contributed by atoms with Gasteiger partial charge < -0.3 is 9.80 Å². The van der Waals surface area contributed by atoms with Gasteiger partial charge in [-0.05, 0) is 180 Å². The molecule has 0 saturated heterocycles. The molecule has 0 aliphatic rings. The number of para-hydroxylation sites is 2. The van der Waals surface area contributed by atoms with Crippen molar-refractivity contribution in [3.63, 3.8) is 0 Å². The van der Waals surface area contributed by atoms with E-state index in [2.05, 4.69) is 315 Å². The molecule has 1 atom stereocenters. The van der Waals surface area contributed by atoms with Crippen LogP contribution in [0.3, 0.4) is 0 Å². The van der Waals surface area contributed by atoms with E-state index in [1.807, 2.05) is 0 Å². The maximum atomic E-state index is 5.90. The molecule has 0 fully saturated rings. The van der Waals surface area contributed by atoms with Crippen LogP contribution in [-0.2, 0) is 0 Å². The third-order valence-corrected chi connectivity index (χ3v) is 14.2. The van der Waals surface area contributed by atoms with E-state index in [4.69, 9.17) is 2.56 Å². The molecule has 0 radical (unpaired) electrons. The minimum absolute atomic E-state index is 0.417. The highest BCUT2D eigenvalue weighted by Crippen LogP contribution is 2.46. The predicted molar refractivity (Wildman–Crippen MR) is 329 cm³/mol. The third-order valence-electron chi connectivity index (χ3n) is 14.2.